The van der Waals surface area contributed by atoms with Crippen LogP contribution in [0.3, 0.4) is 0 Å². The Morgan fingerprint density at radius 2 is 1.22 bits per heavy atom. The van der Waals surface area contributed by atoms with E-state index in [0.29, 0.717) is 22.4 Å². The first kappa shape index (κ1) is 18.3. The molecule has 3 aromatic rings. The third kappa shape index (κ3) is 3.44. The molecular weight excluding hydrogens is 344 g/mol. The van der Waals surface area contributed by atoms with E-state index in [1.807, 2.05) is 60.7 Å². The highest BCUT2D eigenvalue weighted by Gasteiger charge is 2.29. The lowest BCUT2D eigenvalue weighted by molar-refractivity contribution is -0.131. The molecule has 0 amide bonds. The van der Waals surface area contributed by atoms with Crippen molar-refractivity contribution in [3.63, 3.8) is 0 Å². The molecule has 0 aliphatic rings. The number of hydrogen-bond donors (Lipinski definition) is 1. The highest BCUT2D eigenvalue weighted by molar-refractivity contribution is 5.94. The molecule has 1 N–H and O–H groups in total. The molecule has 3 aromatic carbocycles. The predicted molar refractivity (Wildman–Crippen MR) is 103 cm³/mol. The summed E-state index contributed by atoms with van der Waals surface area (Å²) >= 11 is 0. The normalized spacial score (nSPS) is 10.3. The number of rotatable bonds is 5. The topological polar surface area (TPSA) is 65.0 Å². The maximum absolute atomic E-state index is 11.8. The molecule has 0 fully saturated rings. The van der Waals surface area contributed by atoms with Crippen LogP contribution in [0.5, 0.6) is 23.0 Å². The number of methoxy groups -OCH3 is 2. The molecule has 3 rings (SSSR count). The maximum atomic E-state index is 11.8. The summed E-state index contributed by atoms with van der Waals surface area (Å²) in [6.45, 7) is 1.30. The Balaban J connectivity index is 2.44. The average molecular weight is 364 g/mol. The molecule has 5 heteroatoms. The van der Waals surface area contributed by atoms with Gasteiger partial charge in [0, 0.05) is 6.92 Å². The van der Waals surface area contributed by atoms with Crippen molar-refractivity contribution in [3.8, 4) is 45.3 Å². The Labute approximate surface area is 157 Å². The second-order valence-electron chi connectivity index (χ2n) is 5.82. The lowest BCUT2D eigenvalue weighted by Crippen LogP contribution is -2.07. The van der Waals surface area contributed by atoms with E-state index in [0.717, 1.165) is 5.56 Å². The molecular formula is C22H20O5. The second-order valence-corrected chi connectivity index (χ2v) is 5.82. The molecule has 0 spiro atoms. The number of phenols is 1. The van der Waals surface area contributed by atoms with Crippen LogP contribution in [0.2, 0.25) is 0 Å². The minimum atomic E-state index is -0.519. The van der Waals surface area contributed by atoms with Crippen molar-refractivity contribution >= 4 is 5.97 Å². The summed E-state index contributed by atoms with van der Waals surface area (Å²) in [7, 11) is 2.96. The highest BCUT2D eigenvalue weighted by Crippen LogP contribution is 2.56. The fraction of sp³-hybridized carbons (Fsp3) is 0.136. The number of phenolic OH excluding ortho intramolecular Hbond substituents is 1. The largest absolute Gasteiger partial charge is 0.504 e. The van der Waals surface area contributed by atoms with E-state index in [1.54, 1.807) is 0 Å². The third-order valence-corrected chi connectivity index (χ3v) is 4.12. The molecule has 0 radical (unpaired) electrons. The van der Waals surface area contributed by atoms with Crippen LogP contribution in [0.15, 0.2) is 60.7 Å². The first-order valence-electron chi connectivity index (χ1n) is 8.38. The van der Waals surface area contributed by atoms with Gasteiger partial charge in [0.1, 0.15) is 0 Å². The van der Waals surface area contributed by atoms with Gasteiger partial charge >= 0.3 is 5.97 Å². The molecule has 5 nitrogen and oxygen atoms in total. The van der Waals surface area contributed by atoms with Gasteiger partial charge in [0.25, 0.3) is 0 Å². The maximum Gasteiger partial charge on any atom is 0.308 e. The van der Waals surface area contributed by atoms with Crippen LogP contribution < -0.4 is 14.2 Å². The lowest BCUT2D eigenvalue weighted by Gasteiger charge is -2.22. The Kier molecular flexibility index (Phi) is 5.31. The fourth-order valence-electron chi connectivity index (χ4n) is 3.04. The molecule has 0 aliphatic carbocycles. The number of carbonyl (C=O) groups excluding carboxylic acids is 1. The summed E-state index contributed by atoms with van der Waals surface area (Å²) in [5.41, 5.74) is 2.27. The van der Waals surface area contributed by atoms with Crippen molar-refractivity contribution in [1.29, 1.82) is 0 Å². The minimum absolute atomic E-state index is 0.125. The van der Waals surface area contributed by atoms with Gasteiger partial charge in [0.2, 0.25) is 0 Å². The summed E-state index contributed by atoms with van der Waals surface area (Å²) in [6, 6.07) is 18.5. The van der Waals surface area contributed by atoms with Crippen molar-refractivity contribution in [2.24, 2.45) is 0 Å². The van der Waals surface area contributed by atoms with Gasteiger partial charge in [-0.2, -0.15) is 0 Å². The van der Waals surface area contributed by atoms with Gasteiger partial charge < -0.3 is 19.3 Å². The van der Waals surface area contributed by atoms with Crippen LogP contribution in [0.4, 0.5) is 0 Å². The standard InChI is InChI=1S/C22H20O5/c1-14(23)27-22-17(15-10-6-4-7-11-15)19(24)20(25-2)18(21(22)26-3)16-12-8-5-9-13-16/h4-13,24H,1-3H3. The predicted octanol–water partition coefficient (Wildman–Crippen LogP) is 4.67. The number of esters is 1. The molecule has 27 heavy (non-hydrogen) atoms. The zero-order valence-electron chi connectivity index (χ0n) is 15.4. The Bertz CT molecular complexity index is 950. The summed E-state index contributed by atoms with van der Waals surface area (Å²) in [6.07, 6.45) is 0. The van der Waals surface area contributed by atoms with Gasteiger partial charge in [-0.25, -0.2) is 0 Å². The van der Waals surface area contributed by atoms with Crippen LogP contribution in [-0.4, -0.2) is 25.3 Å². The molecule has 0 saturated heterocycles. The average Bonchev–Trinajstić information content (AvgIpc) is 2.68. The second kappa shape index (κ2) is 7.83. The van der Waals surface area contributed by atoms with Gasteiger partial charge in [-0.15, -0.1) is 0 Å². The van der Waals surface area contributed by atoms with E-state index < -0.39 is 5.97 Å². The van der Waals surface area contributed by atoms with Gasteiger partial charge in [0.05, 0.1) is 25.3 Å². The number of ether oxygens (including phenoxy) is 3. The number of aromatic hydroxyl groups is 1. The van der Waals surface area contributed by atoms with E-state index in [-0.39, 0.29) is 17.2 Å². The number of hydrogen-bond acceptors (Lipinski definition) is 5. The molecule has 138 valence electrons. The van der Waals surface area contributed by atoms with E-state index >= 15 is 0 Å². The molecule has 0 aliphatic heterocycles. The zero-order valence-corrected chi connectivity index (χ0v) is 15.4. The van der Waals surface area contributed by atoms with Crippen molar-refractivity contribution < 1.29 is 24.1 Å². The lowest BCUT2D eigenvalue weighted by atomic mass is 9.95. The Morgan fingerprint density at radius 3 is 1.67 bits per heavy atom. The van der Waals surface area contributed by atoms with Gasteiger partial charge in [-0.05, 0) is 11.1 Å². The molecule has 0 aromatic heterocycles. The first-order valence-corrected chi connectivity index (χ1v) is 8.38. The summed E-state index contributed by atoms with van der Waals surface area (Å²) in [5.74, 6) is 0.0553. The fourth-order valence-corrected chi connectivity index (χ4v) is 3.04. The van der Waals surface area contributed by atoms with Crippen molar-refractivity contribution in [2.45, 2.75) is 6.92 Å². The summed E-state index contributed by atoms with van der Waals surface area (Å²) < 4.78 is 16.6. The SMILES string of the molecule is COc1c(O)c(-c2ccccc2)c(OC(C)=O)c(OC)c1-c1ccccc1. The van der Waals surface area contributed by atoms with E-state index in [1.165, 1.54) is 21.1 Å². The highest BCUT2D eigenvalue weighted by atomic mass is 16.6. The van der Waals surface area contributed by atoms with Crippen molar-refractivity contribution in [2.75, 3.05) is 14.2 Å². The van der Waals surface area contributed by atoms with Crippen LogP contribution in [0.1, 0.15) is 6.92 Å². The molecule has 0 unspecified atom stereocenters. The van der Waals surface area contributed by atoms with Crippen LogP contribution in [-0.2, 0) is 4.79 Å². The molecule has 0 atom stereocenters. The Hall–Kier alpha value is -3.47. The quantitative estimate of drug-likeness (QED) is 0.526. The van der Waals surface area contributed by atoms with E-state index in [9.17, 15) is 9.90 Å². The van der Waals surface area contributed by atoms with E-state index in [4.69, 9.17) is 14.2 Å². The van der Waals surface area contributed by atoms with E-state index in [2.05, 4.69) is 0 Å². The smallest absolute Gasteiger partial charge is 0.308 e. The zero-order chi connectivity index (χ0) is 19.4. The van der Waals surface area contributed by atoms with Crippen molar-refractivity contribution in [1.82, 2.24) is 0 Å². The van der Waals surface area contributed by atoms with Gasteiger partial charge in [-0.3, -0.25) is 4.79 Å². The monoisotopic (exact) mass is 364 g/mol. The number of benzene rings is 3. The summed E-state index contributed by atoms with van der Waals surface area (Å²) in [5, 5.41) is 11.0. The van der Waals surface area contributed by atoms with Crippen LogP contribution >= 0.6 is 0 Å². The number of carbonyl (C=O) groups is 1. The first-order chi connectivity index (χ1) is 13.1. The molecule has 0 bridgehead atoms. The summed E-state index contributed by atoms with van der Waals surface area (Å²) in [4.78, 5) is 11.8. The van der Waals surface area contributed by atoms with Crippen LogP contribution in [0, 0.1) is 0 Å². The minimum Gasteiger partial charge on any atom is -0.504 e. The molecule has 0 saturated carbocycles. The van der Waals surface area contributed by atoms with Gasteiger partial charge in [0.15, 0.2) is 23.0 Å². The van der Waals surface area contributed by atoms with Crippen LogP contribution in [0.25, 0.3) is 22.3 Å². The van der Waals surface area contributed by atoms with Crippen molar-refractivity contribution in [3.05, 3.63) is 60.7 Å². The molecule has 0 heterocycles. The van der Waals surface area contributed by atoms with Gasteiger partial charge in [-0.1, -0.05) is 60.7 Å². The third-order valence-electron chi connectivity index (χ3n) is 4.12. The Morgan fingerprint density at radius 1 is 0.741 bits per heavy atom.